The molecule has 0 atom stereocenters. The van der Waals surface area contributed by atoms with Gasteiger partial charge in [-0.15, -0.1) is 0 Å². The highest BCUT2D eigenvalue weighted by atomic mass is 32.1. The molecule has 0 aliphatic heterocycles. The SMILES string of the molecule is CC(F)(F)c1ccccc1.O=C(O)S. The number of benzene rings is 1. The molecule has 0 saturated heterocycles. The standard InChI is InChI=1S/C8H8F2.CH2O2S/c1-8(9,10)7-5-3-2-4-6-7;2-1(3)4/h2-6H,1H3;4H,(H,2,3). The maximum Gasteiger partial charge on any atom is 0.361 e. The van der Waals surface area contributed by atoms with Gasteiger partial charge in [-0.25, -0.2) is 13.6 Å². The minimum Gasteiger partial charge on any atom is -0.473 e. The van der Waals surface area contributed by atoms with Crippen LogP contribution in [0, 0.1) is 0 Å². The van der Waals surface area contributed by atoms with E-state index in [0.717, 1.165) is 6.92 Å². The Morgan fingerprint density at radius 3 is 1.93 bits per heavy atom. The Kier molecular flexibility index (Phi) is 5.15. The Bertz CT molecular complexity index is 279. The summed E-state index contributed by atoms with van der Waals surface area (Å²) < 4.78 is 24.9. The zero-order valence-corrected chi connectivity index (χ0v) is 8.34. The minimum absolute atomic E-state index is 0.0648. The second kappa shape index (κ2) is 5.59. The van der Waals surface area contributed by atoms with Crippen LogP contribution in [-0.4, -0.2) is 10.4 Å². The van der Waals surface area contributed by atoms with E-state index < -0.39 is 11.2 Å². The highest BCUT2D eigenvalue weighted by Gasteiger charge is 2.22. The molecule has 0 aliphatic rings. The average molecular weight is 220 g/mol. The first-order chi connectivity index (χ1) is 6.34. The van der Waals surface area contributed by atoms with Gasteiger partial charge in [0.25, 0.3) is 5.92 Å². The maximum atomic E-state index is 12.5. The number of carboxylic acid groups (broad SMARTS) is 1. The lowest BCUT2D eigenvalue weighted by Crippen LogP contribution is -2.05. The summed E-state index contributed by atoms with van der Waals surface area (Å²) >= 11 is 2.88. The fourth-order valence-electron chi connectivity index (χ4n) is 0.731. The lowest BCUT2D eigenvalue weighted by Gasteiger charge is -2.08. The third-order valence-corrected chi connectivity index (χ3v) is 1.28. The van der Waals surface area contributed by atoms with E-state index in [1.54, 1.807) is 18.2 Å². The number of hydrogen-bond donors (Lipinski definition) is 2. The Hall–Kier alpha value is -1.10. The van der Waals surface area contributed by atoms with Gasteiger partial charge in [-0.3, -0.25) is 0 Å². The fraction of sp³-hybridized carbons (Fsp3) is 0.222. The molecule has 2 nitrogen and oxygen atoms in total. The van der Waals surface area contributed by atoms with Crippen molar-refractivity contribution >= 4 is 17.9 Å². The van der Waals surface area contributed by atoms with Crippen LogP contribution in [0.5, 0.6) is 0 Å². The summed E-state index contributed by atoms with van der Waals surface area (Å²) in [5.74, 6) is -2.71. The largest absolute Gasteiger partial charge is 0.473 e. The van der Waals surface area contributed by atoms with Crippen LogP contribution >= 0.6 is 12.6 Å². The van der Waals surface area contributed by atoms with Crippen LogP contribution in [0.1, 0.15) is 12.5 Å². The van der Waals surface area contributed by atoms with Crippen molar-refractivity contribution < 1.29 is 18.7 Å². The van der Waals surface area contributed by atoms with Crippen LogP contribution in [0.25, 0.3) is 0 Å². The smallest absolute Gasteiger partial charge is 0.361 e. The molecule has 0 amide bonds. The lowest BCUT2D eigenvalue weighted by atomic mass is 10.1. The van der Waals surface area contributed by atoms with Crippen molar-refractivity contribution in [3.8, 4) is 0 Å². The summed E-state index contributed by atoms with van der Waals surface area (Å²) in [5, 5.41) is 6.14. The van der Waals surface area contributed by atoms with Gasteiger partial charge in [0.05, 0.1) is 0 Å². The van der Waals surface area contributed by atoms with Gasteiger partial charge in [0.1, 0.15) is 0 Å². The van der Waals surface area contributed by atoms with E-state index in [1.807, 2.05) is 0 Å². The normalized spacial score (nSPS) is 10.0. The van der Waals surface area contributed by atoms with Crippen molar-refractivity contribution in [1.82, 2.24) is 0 Å². The molecule has 1 aromatic rings. The molecule has 0 spiro atoms. The molecule has 14 heavy (non-hydrogen) atoms. The Morgan fingerprint density at radius 2 is 1.71 bits per heavy atom. The summed E-state index contributed by atoms with van der Waals surface area (Å²) in [6, 6.07) is 7.76. The minimum atomic E-state index is -2.71. The van der Waals surface area contributed by atoms with E-state index in [-0.39, 0.29) is 5.56 Å². The van der Waals surface area contributed by atoms with Crippen molar-refractivity contribution in [2.45, 2.75) is 12.8 Å². The van der Waals surface area contributed by atoms with Crippen LogP contribution in [0.2, 0.25) is 0 Å². The van der Waals surface area contributed by atoms with Gasteiger partial charge < -0.3 is 5.11 Å². The van der Waals surface area contributed by atoms with Gasteiger partial charge in [-0.05, 0) is 0 Å². The highest BCUT2D eigenvalue weighted by Crippen LogP contribution is 2.25. The lowest BCUT2D eigenvalue weighted by molar-refractivity contribution is 0.0175. The predicted octanol–water partition coefficient (Wildman–Crippen LogP) is 3.39. The van der Waals surface area contributed by atoms with E-state index in [0.29, 0.717) is 0 Å². The molecule has 0 aromatic heterocycles. The van der Waals surface area contributed by atoms with Gasteiger partial charge in [-0.1, -0.05) is 43.0 Å². The number of rotatable bonds is 1. The number of halogens is 2. The summed E-state index contributed by atoms with van der Waals surface area (Å²) in [6.07, 6.45) is 0. The zero-order valence-electron chi connectivity index (χ0n) is 7.45. The molecule has 0 aliphatic carbocycles. The van der Waals surface area contributed by atoms with Crippen LogP contribution in [0.4, 0.5) is 13.6 Å². The second-order valence-electron chi connectivity index (χ2n) is 2.54. The monoisotopic (exact) mass is 220 g/mol. The first-order valence-corrected chi connectivity index (χ1v) is 4.14. The van der Waals surface area contributed by atoms with Crippen molar-refractivity contribution in [2.75, 3.05) is 0 Å². The van der Waals surface area contributed by atoms with E-state index in [1.165, 1.54) is 12.1 Å². The van der Waals surface area contributed by atoms with Gasteiger partial charge in [0.2, 0.25) is 0 Å². The average Bonchev–Trinajstić information content (AvgIpc) is 2.03. The van der Waals surface area contributed by atoms with Gasteiger partial charge >= 0.3 is 5.30 Å². The molecule has 0 heterocycles. The van der Waals surface area contributed by atoms with E-state index in [2.05, 4.69) is 12.6 Å². The molecule has 0 unspecified atom stereocenters. The van der Waals surface area contributed by atoms with Gasteiger partial charge in [0.15, 0.2) is 0 Å². The second-order valence-corrected chi connectivity index (χ2v) is 2.92. The third-order valence-electron chi connectivity index (χ3n) is 1.28. The number of carbonyl (C=O) groups is 1. The van der Waals surface area contributed by atoms with Gasteiger partial charge in [0, 0.05) is 12.5 Å². The van der Waals surface area contributed by atoms with E-state index >= 15 is 0 Å². The molecule has 1 aromatic carbocycles. The van der Waals surface area contributed by atoms with Crippen molar-refractivity contribution in [1.29, 1.82) is 0 Å². The fourth-order valence-corrected chi connectivity index (χ4v) is 0.731. The molecule has 0 bridgehead atoms. The molecular formula is C9H10F2O2S. The summed E-state index contributed by atoms with van der Waals surface area (Å²) in [6.45, 7) is 0.891. The first kappa shape index (κ1) is 12.9. The number of thiol groups is 1. The van der Waals surface area contributed by atoms with Crippen LogP contribution < -0.4 is 0 Å². The van der Waals surface area contributed by atoms with Crippen LogP contribution in [-0.2, 0) is 5.92 Å². The highest BCUT2D eigenvalue weighted by molar-refractivity contribution is 7.96. The Labute approximate surface area is 86.0 Å². The molecular weight excluding hydrogens is 210 g/mol. The number of alkyl halides is 2. The summed E-state index contributed by atoms with van der Waals surface area (Å²) in [5.41, 5.74) is 0.0648. The predicted molar refractivity (Wildman–Crippen MR) is 53.0 cm³/mol. The first-order valence-electron chi connectivity index (χ1n) is 3.69. The molecule has 0 saturated carbocycles. The molecule has 1 rings (SSSR count). The molecule has 5 heteroatoms. The van der Waals surface area contributed by atoms with Gasteiger partial charge in [-0.2, -0.15) is 0 Å². The zero-order chi connectivity index (χ0) is 11.2. The maximum absolute atomic E-state index is 12.5. The Balaban J connectivity index is 0.000000364. The van der Waals surface area contributed by atoms with Crippen molar-refractivity contribution in [3.63, 3.8) is 0 Å². The van der Waals surface area contributed by atoms with E-state index in [9.17, 15) is 8.78 Å². The molecule has 0 fully saturated rings. The quantitative estimate of drug-likeness (QED) is 0.712. The Morgan fingerprint density at radius 1 is 1.36 bits per heavy atom. The number of hydrogen-bond acceptors (Lipinski definition) is 1. The topological polar surface area (TPSA) is 37.3 Å². The van der Waals surface area contributed by atoms with Crippen molar-refractivity contribution in [2.24, 2.45) is 0 Å². The molecule has 0 radical (unpaired) electrons. The summed E-state index contributed by atoms with van der Waals surface area (Å²) in [7, 11) is 0. The third kappa shape index (κ3) is 6.42. The molecule has 78 valence electrons. The van der Waals surface area contributed by atoms with Crippen LogP contribution in [0.15, 0.2) is 30.3 Å². The summed E-state index contributed by atoms with van der Waals surface area (Å²) in [4.78, 5) is 8.86. The molecule has 1 N–H and O–H groups in total. The van der Waals surface area contributed by atoms with E-state index in [4.69, 9.17) is 9.90 Å². The van der Waals surface area contributed by atoms with Crippen LogP contribution in [0.3, 0.4) is 0 Å². The van der Waals surface area contributed by atoms with Crippen molar-refractivity contribution in [3.05, 3.63) is 35.9 Å².